The molecule has 2 aromatic rings. The third kappa shape index (κ3) is 4.27. The number of fused-ring (bicyclic) bond motifs is 1. The molecule has 0 radical (unpaired) electrons. The number of furan rings is 1. The third-order valence-corrected chi connectivity index (χ3v) is 5.20. The predicted octanol–water partition coefficient (Wildman–Crippen LogP) is 2.24. The summed E-state index contributed by atoms with van der Waals surface area (Å²) in [5, 5.41) is 3.90. The molecule has 0 aliphatic carbocycles. The van der Waals surface area contributed by atoms with E-state index in [9.17, 15) is 4.79 Å². The van der Waals surface area contributed by atoms with E-state index in [0.29, 0.717) is 68.2 Å². The lowest BCUT2D eigenvalue weighted by atomic mass is 10.2. The van der Waals surface area contributed by atoms with Crippen molar-refractivity contribution in [2.45, 2.75) is 6.54 Å². The highest BCUT2D eigenvalue weighted by Crippen LogP contribution is 2.38. The molecule has 0 unspecified atom stereocenters. The molecule has 29 heavy (non-hydrogen) atoms. The van der Waals surface area contributed by atoms with Gasteiger partial charge in [-0.25, -0.2) is 0 Å². The van der Waals surface area contributed by atoms with Crippen molar-refractivity contribution < 1.29 is 18.7 Å². The number of nitrogens with zero attached hydrogens (tertiary/aromatic N) is 3. The van der Waals surface area contributed by atoms with E-state index in [1.807, 2.05) is 12.1 Å². The second-order valence-electron chi connectivity index (χ2n) is 6.76. The molecule has 2 aliphatic rings. The van der Waals surface area contributed by atoms with Gasteiger partial charge in [-0.05, 0) is 29.8 Å². The number of nitrogens with one attached hydrogen (secondary N) is 1. The van der Waals surface area contributed by atoms with Gasteiger partial charge in [-0.1, -0.05) is 11.6 Å². The van der Waals surface area contributed by atoms with Crippen molar-refractivity contribution >= 4 is 23.5 Å². The van der Waals surface area contributed by atoms with Gasteiger partial charge < -0.3 is 29.0 Å². The Bertz CT molecular complexity index is 892. The van der Waals surface area contributed by atoms with Crippen molar-refractivity contribution in [1.29, 1.82) is 0 Å². The molecule has 1 aromatic heterocycles. The molecule has 1 fully saturated rings. The van der Waals surface area contributed by atoms with Crippen LogP contribution in [0.1, 0.15) is 16.1 Å². The summed E-state index contributed by atoms with van der Waals surface area (Å²) in [7, 11) is 1.75. The lowest BCUT2D eigenvalue weighted by Crippen LogP contribution is -2.53. The highest BCUT2D eigenvalue weighted by Gasteiger charge is 2.25. The Morgan fingerprint density at radius 3 is 2.66 bits per heavy atom. The zero-order valence-electron chi connectivity index (χ0n) is 16.2. The van der Waals surface area contributed by atoms with Crippen molar-refractivity contribution in [3.8, 4) is 11.5 Å². The van der Waals surface area contributed by atoms with Crippen molar-refractivity contribution in [3.63, 3.8) is 0 Å². The molecule has 4 rings (SSSR count). The molecule has 1 N–H and O–H groups in total. The van der Waals surface area contributed by atoms with Gasteiger partial charge in [-0.2, -0.15) is 0 Å². The van der Waals surface area contributed by atoms with Gasteiger partial charge in [0, 0.05) is 39.8 Å². The minimum Gasteiger partial charge on any atom is -0.486 e. The second kappa shape index (κ2) is 8.65. The first kappa shape index (κ1) is 19.4. The average Bonchev–Trinajstić information content (AvgIpc) is 3.29. The third-order valence-electron chi connectivity index (χ3n) is 4.92. The SMILES string of the molecule is CN=C(NCc1cc(Cl)c2c(c1)OCCO2)N1CCN(C(=O)c2ccco2)CC1. The van der Waals surface area contributed by atoms with Crippen LogP contribution in [0.2, 0.25) is 5.02 Å². The average molecular weight is 419 g/mol. The number of rotatable bonds is 3. The maximum absolute atomic E-state index is 12.4. The number of hydrogen-bond donors (Lipinski definition) is 1. The number of carbonyl (C=O) groups excluding carboxylic acids is 1. The van der Waals surface area contributed by atoms with E-state index in [4.69, 9.17) is 25.5 Å². The van der Waals surface area contributed by atoms with Crippen LogP contribution in [0.4, 0.5) is 0 Å². The molecule has 0 bridgehead atoms. The zero-order chi connectivity index (χ0) is 20.2. The fraction of sp³-hybridized carbons (Fsp3) is 0.400. The second-order valence-corrected chi connectivity index (χ2v) is 7.17. The first-order chi connectivity index (χ1) is 14.2. The molecule has 0 spiro atoms. The fourth-order valence-corrected chi connectivity index (χ4v) is 3.74. The van der Waals surface area contributed by atoms with Crippen LogP contribution in [0.3, 0.4) is 0 Å². The maximum Gasteiger partial charge on any atom is 0.289 e. The van der Waals surface area contributed by atoms with Crippen LogP contribution in [-0.2, 0) is 6.54 Å². The Balaban J connectivity index is 1.34. The lowest BCUT2D eigenvalue weighted by molar-refractivity contribution is 0.0657. The summed E-state index contributed by atoms with van der Waals surface area (Å²) in [6.45, 7) is 4.16. The number of guanidine groups is 1. The first-order valence-electron chi connectivity index (χ1n) is 9.52. The van der Waals surface area contributed by atoms with Gasteiger partial charge in [0.1, 0.15) is 13.2 Å². The van der Waals surface area contributed by atoms with Gasteiger partial charge in [0.05, 0.1) is 11.3 Å². The summed E-state index contributed by atoms with van der Waals surface area (Å²) >= 11 is 6.31. The number of halogens is 1. The van der Waals surface area contributed by atoms with E-state index in [-0.39, 0.29) is 5.91 Å². The Hall–Kier alpha value is -2.87. The molecule has 2 aliphatic heterocycles. The van der Waals surface area contributed by atoms with E-state index in [0.717, 1.165) is 11.5 Å². The van der Waals surface area contributed by atoms with Crippen molar-refractivity contribution in [2.75, 3.05) is 46.4 Å². The normalized spacial score (nSPS) is 16.7. The number of amides is 1. The monoisotopic (exact) mass is 418 g/mol. The van der Waals surface area contributed by atoms with Crippen LogP contribution in [0.25, 0.3) is 0 Å². The van der Waals surface area contributed by atoms with E-state index < -0.39 is 0 Å². The van der Waals surface area contributed by atoms with Crippen molar-refractivity contribution in [3.05, 3.63) is 46.9 Å². The molecule has 0 saturated carbocycles. The summed E-state index contributed by atoms with van der Waals surface area (Å²) in [6, 6.07) is 7.21. The number of benzene rings is 1. The van der Waals surface area contributed by atoms with Gasteiger partial charge in [-0.15, -0.1) is 0 Å². The molecule has 1 amide bonds. The molecule has 9 heteroatoms. The predicted molar refractivity (Wildman–Crippen MR) is 109 cm³/mol. The van der Waals surface area contributed by atoms with E-state index in [2.05, 4.69) is 15.2 Å². The summed E-state index contributed by atoms with van der Waals surface area (Å²) in [5.41, 5.74) is 0.979. The number of carbonyl (C=O) groups is 1. The molecule has 154 valence electrons. The van der Waals surface area contributed by atoms with Gasteiger partial charge in [0.15, 0.2) is 23.2 Å². The molecule has 0 atom stereocenters. The van der Waals surface area contributed by atoms with Crippen LogP contribution in [-0.4, -0.2) is 68.1 Å². The molecular formula is C20H23ClN4O4. The van der Waals surface area contributed by atoms with E-state index >= 15 is 0 Å². The van der Waals surface area contributed by atoms with Crippen LogP contribution in [0.15, 0.2) is 39.9 Å². The fourth-order valence-electron chi connectivity index (χ4n) is 3.46. The van der Waals surface area contributed by atoms with E-state index in [1.165, 1.54) is 6.26 Å². The highest BCUT2D eigenvalue weighted by atomic mass is 35.5. The van der Waals surface area contributed by atoms with Crippen LogP contribution < -0.4 is 14.8 Å². The number of ether oxygens (including phenoxy) is 2. The summed E-state index contributed by atoms with van der Waals surface area (Å²) in [5.74, 6) is 2.34. The summed E-state index contributed by atoms with van der Waals surface area (Å²) in [6.07, 6.45) is 1.51. The van der Waals surface area contributed by atoms with E-state index in [1.54, 1.807) is 24.1 Å². The quantitative estimate of drug-likeness (QED) is 0.608. The zero-order valence-corrected chi connectivity index (χ0v) is 16.9. The Morgan fingerprint density at radius 1 is 1.17 bits per heavy atom. The summed E-state index contributed by atoms with van der Waals surface area (Å²) < 4.78 is 16.4. The van der Waals surface area contributed by atoms with Gasteiger partial charge in [0.2, 0.25) is 0 Å². The minimum absolute atomic E-state index is 0.0801. The standard InChI is InChI=1S/C20H23ClN4O4/c1-22-20(23-13-14-11-15(21)18-17(12-14)28-9-10-29-18)25-6-4-24(5-7-25)19(26)16-3-2-8-27-16/h2-3,8,11-12H,4-7,9-10,13H2,1H3,(H,22,23). The smallest absolute Gasteiger partial charge is 0.289 e. The molecular weight excluding hydrogens is 396 g/mol. The molecule has 1 saturated heterocycles. The largest absolute Gasteiger partial charge is 0.486 e. The molecule has 8 nitrogen and oxygen atoms in total. The van der Waals surface area contributed by atoms with Crippen LogP contribution in [0, 0.1) is 0 Å². The lowest BCUT2D eigenvalue weighted by Gasteiger charge is -2.36. The molecule has 1 aromatic carbocycles. The Kier molecular flexibility index (Phi) is 5.80. The maximum atomic E-state index is 12.4. The van der Waals surface area contributed by atoms with Crippen LogP contribution in [0.5, 0.6) is 11.5 Å². The first-order valence-corrected chi connectivity index (χ1v) is 9.90. The number of aliphatic imine (C=N–C) groups is 1. The van der Waals surface area contributed by atoms with Gasteiger partial charge in [0.25, 0.3) is 5.91 Å². The summed E-state index contributed by atoms with van der Waals surface area (Å²) in [4.78, 5) is 20.7. The highest BCUT2D eigenvalue weighted by molar-refractivity contribution is 6.32. The van der Waals surface area contributed by atoms with Crippen molar-refractivity contribution in [2.24, 2.45) is 4.99 Å². The minimum atomic E-state index is -0.0801. The van der Waals surface area contributed by atoms with Crippen LogP contribution >= 0.6 is 11.6 Å². The Morgan fingerprint density at radius 2 is 1.93 bits per heavy atom. The van der Waals surface area contributed by atoms with Gasteiger partial charge >= 0.3 is 0 Å². The van der Waals surface area contributed by atoms with Crippen molar-refractivity contribution in [1.82, 2.24) is 15.1 Å². The number of hydrogen-bond acceptors (Lipinski definition) is 5. The van der Waals surface area contributed by atoms with Gasteiger partial charge in [-0.3, -0.25) is 9.79 Å². The Labute approximate surface area is 174 Å². The topological polar surface area (TPSA) is 79.5 Å². The molecule has 3 heterocycles. The number of piperazine rings is 1.